The van der Waals surface area contributed by atoms with Crippen molar-refractivity contribution in [1.82, 2.24) is 19.7 Å². The van der Waals surface area contributed by atoms with E-state index in [2.05, 4.69) is 10.4 Å². The van der Waals surface area contributed by atoms with E-state index in [1.54, 1.807) is 35.6 Å². The minimum Gasteiger partial charge on any atom is -0.408 e. The molecule has 1 aromatic carbocycles. The Hall–Kier alpha value is -3.13. The number of rotatable bonds is 6. The monoisotopic (exact) mass is 382 g/mol. The number of thiophene rings is 1. The Morgan fingerprint density at radius 2 is 2.11 bits per heavy atom. The van der Waals surface area contributed by atoms with Crippen LogP contribution in [0.15, 0.2) is 57.1 Å². The lowest BCUT2D eigenvalue weighted by Gasteiger charge is -2.07. The Kier molecular flexibility index (Phi) is 4.64. The largest absolute Gasteiger partial charge is 0.420 e. The zero-order valence-electron chi connectivity index (χ0n) is 14.7. The van der Waals surface area contributed by atoms with Gasteiger partial charge in [-0.15, -0.1) is 11.3 Å². The van der Waals surface area contributed by atoms with E-state index in [9.17, 15) is 9.59 Å². The van der Waals surface area contributed by atoms with Gasteiger partial charge in [-0.05, 0) is 36.6 Å². The van der Waals surface area contributed by atoms with Crippen molar-refractivity contribution >= 4 is 28.3 Å². The van der Waals surface area contributed by atoms with E-state index in [-0.39, 0.29) is 12.5 Å². The lowest BCUT2D eigenvalue weighted by Crippen LogP contribution is -2.33. The molecule has 3 aromatic heterocycles. The fraction of sp³-hybridized carbons (Fsp3) is 0.211. The summed E-state index contributed by atoms with van der Waals surface area (Å²) in [5.74, 6) is -0.776. The maximum Gasteiger partial charge on any atom is 0.420 e. The Morgan fingerprint density at radius 3 is 2.93 bits per heavy atom. The first-order valence-corrected chi connectivity index (χ1v) is 9.43. The van der Waals surface area contributed by atoms with Crippen LogP contribution in [-0.2, 0) is 17.9 Å². The average Bonchev–Trinajstić information content (AvgIpc) is 3.36. The first-order chi connectivity index (χ1) is 13.1. The van der Waals surface area contributed by atoms with Crippen molar-refractivity contribution in [3.8, 4) is 10.6 Å². The molecule has 0 saturated heterocycles. The molecule has 0 fully saturated rings. The summed E-state index contributed by atoms with van der Waals surface area (Å²) in [4.78, 5) is 25.3. The van der Waals surface area contributed by atoms with E-state index in [0.717, 1.165) is 16.3 Å². The highest BCUT2D eigenvalue weighted by atomic mass is 32.1. The van der Waals surface area contributed by atoms with Gasteiger partial charge in [0.2, 0.25) is 5.91 Å². The minimum absolute atomic E-state index is 0.0750. The van der Waals surface area contributed by atoms with Crippen LogP contribution in [0.4, 0.5) is 0 Å². The summed E-state index contributed by atoms with van der Waals surface area (Å²) in [6.45, 7) is 2.90. The van der Waals surface area contributed by atoms with Crippen LogP contribution in [-0.4, -0.2) is 26.8 Å². The molecule has 0 radical (unpaired) electrons. The number of fused-ring (bicyclic) bond motifs is 1. The Balaban J connectivity index is 1.37. The van der Waals surface area contributed by atoms with Crippen molar-refractivity contribution in [2.24, 2.45) is 0 Å². The normalized spacial score (nSPS) is 11.1. The van der Waals surface area contributed by atoms with Crippen LogP contribution in [0.1, 0.15) is 5.69 Å². The molecule has 0 atom stereocenters. The number of nitrogens with one attached hydrogen (secondary N) is 1. The fourth-order valence-corrected chi connectivity index (χ4v) is 3.63. The van der Waals surface area contributed by atoms with Crippen LogP contribution in [0.3, 0.4) is 0 Å². The number of carbonyl (C=O) groups excluding carboxylic acids is 1. The lowest BCUT2D eigenvalue weighted by molar-refractivity contribution is -0.121. The minimum atomic E-state index is -0.533. The maximum absolute atomic E-state index is 12.2. The second kappa shape index (κ2) is 7.24. The molecule has 138 valence electrons. The third kappa shape index (κ3) is 3.56. The van der Waals surface area contributed by atoms with Crippen molar-refractivity contribution < 1.29 is 9.21 Å². The number of para-hydroxylation sites is 2. The molecule has 0 aliphatic carbocycles. The van der Waals surface area contributed by atoms with Crippen LogP contribution in [0.2, 0.25) is 0 Å². The van der Waals surface area contributed by atoms with Gasteiger partial charge in [-0.3, -0.25) is 14.0 Å². The van der Waals surface area contributed by atoms with Gasteiger partial charge in [0.25, 0.3) is 0 Å². The molecule has 0 bridgehead atoms. The third-order valence-electron chi connectivity index (χ3n) is 4.28. The lowest BCUT2D eigenvalue weighted by atomic mass is 10.3. The summed E-state index contributed by atoms with van der Waals surface area (Å²) >= 11 is 1.64. The van der Waals surface area contributed by atoms with Crippen molar-refractivity contribution in [1.29, 1.82) is 0 Å². The van der Waals surface area contributed by atoms with Crippen molar-refractivity contribution in [3.05, 3.63) is 64.1 Å². The highest BCUT2D eigenvalue weighted by Gasteiger charge is 2.12. The van der Waals surface area contributed by atoms with Gasteiger partial charge in [0, 0.05) is 12.2 Å². The summed E-state index contributed by atoms with van der Waals surface area (Å²) in [5, 5.41) is 9.44. The Morgan fingerprint density at radius 1 is 1.26 bits per heavy atom. The highest BCUT2D eigenvalue weighted by Crippen LogP contribution is 2.23. The van der Waals surface area contributed by atoms with Gasteiger partial charge in [0.05, 0.1) is 16.9 Å². The summed E-state index contributed by atoms with van der Waals surface area (Å²) in [6.07, 6.45) is 0. The van der Waals surface area contributed by atoms with Crippen LogP contribution >= 0.6 is 11.3 Å². The first kappa shape index (κ1) is 17.3. The maximum atomic E-state index is 12.2. The molecule has 8 heteroatoms. The third-order valence-corrected chi connectivity index (χ3v) is 5.17. The topological polar surface area (TPSA) is 82.1 Å². The summed E-state index contributed by atoms with van der Waals surface area (Å²) in [5.41, 5.74) is 3.06. The molecule has 27 heavy (non-hydrogen) atoms. The SMILES string of the molecule is Cc1cc(-c2cccs2)nn1CCNC(=O)Cn1c(=O)oc2ccccc21. The molecule has 1 N–H and O–H groups in total. The van der Waals surface area contributed by atoms with Gasteiger partial charge in [0.15, 0.2) is 5.58 Å². The molecule has 0 unspecified atom stereocenters. The number of nitrogens with zero attached hydrogens (tertiary/aromatic N) is 3. The molecule has 0 aliphatic heterocycles. The molecule has 3 heterocycles. The van der Waals surface area contributed by atoms with Gasteiger partial charge in [-0.2, -0.15) is 5.10 Å². The average molecular weight is 382 g/mol. The summed E-state index contributed by atoms with van der Waals surface area (Å²) < 4.78 is 8.34. The number of aromatic nitrogens is 3. The number of hydrogen-bond donors (Lipinski definition) is 1. The molecule has 0 saturated carbocycles. The molecule has 7 nitrogen and oxygen atoms in total. The standard InChI is InChI=1S/C19H18N4O3S/c1-13-11-14(17-7-4-10-27-17)21-23(13)9-8-20-18(24)12-22-15-5-2-3-6-16(15)26-19(22)25/h2-7,10-11H,8-9,12H2,1H3,(H,20,24). The van der Waals surface area contributed by atoms with Gasteiger partial charge < -0.3 is 9.73 Å². The zero-order chi connectivity index (χ0) is 18.8. The van der Waals surface area contributed by atoms with Crippen molar-refractivity contribution in [2.75, 3.05) is 6.54 Å². The second-order valence-electron chi connectivity index (χ2n) is 6.14. The Labute approximate surface area is 158 Å². The van der Waals surface area contributed by atoms with Crippen molar-refractivity contribution in [2.45, 2.75) is 20.0 Å². The fourth-order valence-electron chi connectivity index (χ4n) is 2.95. The molecule has 1 amide bonds. The van der Waals surface area contributed by atoms with E-state index in [0.29, 0.717) is 24.2 Å². The van der Waals surface area contributed by atoms with Gasteiger partial charge >= 0.3 is 5.76 Å². The second-order valence-corrected chi connectivity index (χ2v) is 7.09. The van der Waals surface area contributed by atoms with Gasteiger partial charge in [-0.1, -0.05) is 18.2 Å². The van der Waals surface area contributed by atoms with Crippen molar-refractivity contribution in [3.63, 3.8) is 0 Å². The molecule has 4 rings (SSSR count). The van der Waals surface area contributed by atoms with E-state index < -0.39 is 5.76 Å². The van der Waals surface area contributed by atoms with E-state index in [1.165, 1.54) is 4.57 Å². The highest BCUT2D eigenvalue weighted by molar-refractivity contribution is 7.13. The number of oxazole rings is 1. The quantitative estimate of drug-likeness (QED) is 0.556. The number of amides is 1. The summed E-state index contributed by atoms with van der Waals surface area (Å²) in [7, 11) is 0. The number of carbonyl (C=O) groups is 1. The van der Waals surface area contributed by atoms with Gasteiger partial charge in [0.1, 0.15) is 12.2 Å². The summed E-state index contributed by atoms with van der Waals surface area (Å²) in [6, 6.07) is 13.1. The zero-order valence-corrected chi connectivity index (χ0v) is 15.5. The molecule has 0 spiro atoms. The van der Waals surface area contributed by atoms with E-state index >= 15 is 0 Å². The van der Waals surface area contributed by atoms with Crippen LogP contribution in [0.5, 0.6) is 0 Å². The van der Waals surface area contributed by atoms with Crippen LogP contribution in [0.25, 0.3) is 21.7 Å². The molecular weight excluding hydrogens is 364 g/mol. The van der Waals surface area contributed by atoms with E-state index in [1.807, 2.05) is 35.2 Å². The number of hydrogen-bond acceptors (Lipinski definition) is 5. The molecule has 0 aliphatic rings. The van der Waals surface area contributed by atoms with E-state index in [4.69, 9.17) is 4.42 Å². The molecule has 4 aromatic rings. The van der Waals surface area contributed by atoms with Gasteiger partial charge in [-0.25, -0.2) is 4.79 Å². The molecular formula is C19H18N4O3S. The predicted octanol–water partition coefficient (Wildman–Crippen LogP) is 2.64. The number of benzene rings is 1. The Bertz CT molecular complexity index is 1140. The predicted molar refractivity (Wildman–Crippen MR) is 104 cm³/mol. The van der Waals surface area contributed by atoms with Crippen LogP contribution in [0, 0.1) is 6.92 Å². The van der Waals surface area contributed by atoms with Crippen LogP contribution < -0.4 is 11.1 Å². The smallest absolute Gasteiger partial charge is 0.408 e. The number of aryl methyl sites for hydroxylation is 1. The first-order valence-electron chi connectivity index (χ1n) is 8.55.